The summed E-state index contributed by atoms with van der Waals surface area (Å²) in [4.78, 5) is 11.3. The van der Waals surface area contributed by atoms with Gasteiger partial charge in [-0.2, -0.15) is 0 Å². The van der Waals surface area contributed by atoms with Crippen molar-refractivity contribution in [3.63, 3.8) is 0 Å². The molecule has 0 bridgehead atoms. The molecule has 0 unspecified atom stereocenters. The zero-order valence-corrected chi connectivity index (χ0v) is 18.2. The van der Waals surface area contributed by atoms with Gasteiger partial charge in [0, 0.05) is 6.42 Å². The standard InChI is InChI=1S/C23H44O5/c1-3-5-6-7-8-9-10-11-12-13-14-21-22(28-21)17-15-19(24)20(25)16-18-23(26)27-4-2/h19-22,24-25H,3-18H2,1-2H3/t19-,20-,21+,22+/m1/s1. The second-order valence-corrected chi connectivity index (χ2v) is 8.24. The van der Waals surface area contributed by atoms with E-state index in [2.05, 4.69) is 6.92 Å². The molecule has 0 saturated carbocycles. The van der Waals surface area contributed by atoms with Gasteiger partial charge in [0.25, 0.3) is 0 Å². The number of aliphatic hydroxyl groups excluding tert-OH is 2. The van der Waals surface area contributed by atoms with Crippen molar-refractivity contribution in [2.45, 2.75) is 135 Å². The van der Waals surface area contributed by atoms with E-state index >= 15 is 0 Å². The molecule has 1 rings (SSSR count). The van der Waals surface area contributed by atoms with Crippen LogP contribution in [0, 0.1) is 0 Å². The average Bonchev–Trinajstić information content (AvgIpc) is 3.44. The second-order valence-electron chi connectivity index (χ2n) is 8.24. The van der Waals surface area contributed by atoms with Crippen molar-refractivity contribution in [1.29, 1.82) is 0 Å². The summed E-state index contributed by atoms with van der Waals surface area (Å²) in [6.07, 6.45) is 15.2. The van der Waals surface area contributed by atoms with Crippen molar-refractivity contribution in [1.82, 2.24) is 0 Å². The topological polar surface area (TPSA) is 79.3 Å². The summed E-state index contributed by atoms with van der Waals surface area (Å²) in [7, 11) is 0. The average molecular weight is 401 g/mol. The molecule has 1 fully saturated rings. The predicted molar refractivity (Wildman–Crippen MR) is 112 cm³/mol. The molecule has 28 heavy (non-hydrogen) atoms. The second kappa shape index (κ2) is 16.2. The highest BCUT2D eigenvalue weighted by Crippen LogP contribution is 2.32. The lowest BCUT2D eigenvalue weighted by Gasteiger charge is -2.16. The molecule has 5 heteroatoms. The number of hydrogen-bond donors (Lipinski definition) is 2. The Morgan fingerprint density at radius 2 is 1.36 bits per heavy atom. The third kappa shape index (κ3) is 12.7. The molecule has 1 heterocycles. The minimum atomic E-state index is -0.872. The van der Waals surface area contributed by atoms with Crippen LogP contribution in [-0.2, 0) is 14.3 Å². The highest BCUT2D eigenvalue weighted by atomic mass is 16.6. The van der Waals surface area contributed by atoms with Gasteiger partial charge in [0.05, 0.1) is 31.0 Å². The summed E-state index contributed by atoms with van der Waals surface area (Å²) in [5.41, 5.74) is 0. The van der Waals surface area contributed by atoms with E-state index in [4.69, 9.17) is 9.47 Å². The Morgan fingerprint density at radius 1 is 0.821 bits per heavy atom. The molecule has 1 aliphatic rings. The van der Waals surface area contributed by atoms with Crippen LogP contribution in [0.25, 0.3) is 0 Å². The minimum absolute atomic E-state index is 0.146. The number of hydrogen-bond acceptors (Lipinski definition) is 5. The van der Waals surface area contributed by atoms with E-state index in [1.165, 1.54) is 64.2 Å². The van der Waals surface area contributed by atoms with E-state index < -0.39 is 12.2 Å². The maximum atomic E-state index is 11.3. The van der Waals surface area contributed by atoms with Gasteiger partial charge >= 0.3 is 5.97 Å². The van der Waals surface area contributed by atoms with E-state index in [1.54, 1.807) is 6.92 Å². The van der Waals surface area contributed by atoms with Crippen molar-refractivity contribution in [2.24, 2.45) is 0 Å². The van der Waals surface area contributed by atoms with Crippen molar-refractivity contribution in [3.8, 4) is 0 Å². The monoisotopic (exact) mass is 400 g/mol. The van der Waals surface area contributed by atoms with E-state index in [0.29, 0.717) is 19.1 Å². The fourth-order valence-corrected chi connectivity index (χ4v) is 3.74. The fourth-order valence-electron chi connectivity index (χ4n) is 3.74. The highest BCUT2D eigenvalue weighted by Gasteiger charge is 2.38. The third-order valence-corrected chi connectivity index (χ3v) is 5.67. The molecular formula is C23H44O5. The highest BCUT2D eigenvalue weighted by molar-refractivity contribution is 5.69. The molecule has 2 N–H and O–H groups in total. The fraction of sp³-hybridized carbons (Fsp3) is 0.957. The largest absolute Gasteiger partial charge is 0.466 e. The maximum absolute atomic E-state index is 11.3. The Balaban J connectivity index is 1.91. The molecule has 0 amide bonds. The lowest BCUT2D eigenvalue weighted by molar-refractivity contribution is -0.144. The van der Waals surface area contributed by atoms with Crippen LogP contribution in [0.1, 0.15) is 110 Å². The molecule has 1 saturated heterocycles. The Labute approximate surface area is 172 Å². The third-order valence-electron chi connectivity index (χ3n) is 5.67. The first-order valence-corrected chi connectivity index (χ1v) is 11.8. The van der Waals surface area contributed by atoms with Gasteiger partial charge in [-0.3, -0.25) is 4.79 Å². The molecule has 166 valence electrons. The molecule has 1 aliphatic heterocycles. The van der Waals surface area contributed by atoms with Crippen molar-refractivity contribution >= 4 is 5.97 Å². The van der Waals surface area contributed by atoms with Gasteiger partial charge in [-0.15, -0.1) is 0 Å². The maximum Gasteiger partial charge on any atom is 0.305 e. The summed E-state index contributed by atoms with van der Waals surface area (Å²) in [5, 5.41) is 20.0. The number of carbonyl (C=O) groups is 1. The lowest BCUT2D eigenvalue weighted by Crippen LogP contribution is -2.27. The van der Waals surface area contributed by atoms with Crippen LogP contribution in [0.3, 0.4) is 0 Å². The first-order valence-electron chi connectivity index (χ1n) is 11.8. The summed E-state index contributed by atoms with van der Waals surface area (Å²) >= 11 is 0. The summed E-state index contributed by atoms with van der Waals surface area (Å²) in [6, 6.07) is 0. The number of ether oxygens (including phenoxy) is 2. The molecular weight excluding hydrogens is 356 g/mol. The number of esters is 1. The van der Waals surface area contributed by atoms with Crippen molar-refractivity contribution < 1.29 is 24.5 Å². The van der Waals surface area contributed by atoms with Crippen LogP contribution in [0.4, 0.5) is 0 Å². The van der Waals surface area contributed by atoms with E-state index in [-0.39, 0.29) is 24.9 Å². The molecule has 0 spiro atoms. The Bertz CT molecular complexity index is 387. The van der Waals surface area contributed by atoms with E-state index in [9.17, 15) is 15.0 Å². The lowest BCUT2D eigenvalue weighted by atomic mass is 10.0. The summed E-state index contributed by atoms with van der Waals surface area (Å²) in [6.45, 7) is 4.36. The zero-order chi connectivity index (χ0) is 20.6. The zero-order valence-electron chi connectivity index (χ0n) is 18.2. The van der Waals surface area contributed by atoms with Gasteiger partial charge in [-0.05, 0) is 32.6 Å². The number of unbranched alkanes of at least 4 members (excludes halogenated alkanes) is 9. The smallest absolute Gasteiger partial charge is 0.305 e. The number of epoxide rings is 1. The Hall–Kier alpha value is -0.650. The molecule has 0 aromatic heterocycles. The normalized spacial score (nSPS) is 20.7. The van der Waals surface area contributed by atoms with Crippen LogP contribution in [0.5, 0.6) is 0 Å². The summed E-state index contributed by atoms with van der Waals surface area (Å²) < 4.78 is 10.5. The molecule has 0 aromatic rings. The molecule has 0 radical (unpaired) electrons. The van der Waals surface area contributed by atoms with Crippen LogP contribution in [0.2, 0.25) is 0 Å². The van der Waals surface area contributed by atoms with Crippen LogP contribution in [-0.4, -0.2) is 47.2 Å². The van der Waals surface area contributed by atoms with Crippen molar-refractivity contribution in [2.75, 3.05) is 6.61 Å². The first-order chi connectivity index (χ1) is 13.6. The summed E-state index contributed by atoms with van der Waals surface area (Å²) in [5.74, 6) is -0.323. The Morgan fingerprint density at radius 3 is 1.96 bits per heavy atom. The van der Waals surface area contributed by atoms with Crippen LogP contribution >= 0.6 is 0 Å². The number of rotatable bonds is 19. The SMILES string of the molecule is CCCCCCCCCCCC[C@@H]1O[C@H]1CC[C@@H](O)[C@H](O)CCC(=O)OCC. The van der Waals surface area contributed by atoms with Gasteiger partial charge in [-0.1, -0.05) is 71.1 Å². The molecule has 0 aliphatic carbocycles. The van der Waals surface area contributed by atoms with Crippen LogP contribution in [0.15, 0.2) is 0 Å². The first kappa shape index (κ1) is 25.4. The molecule has 5 nitrogen and oxygen atoms in total. The van der Waals surface area contributed by atoms with E-state index in [1.807, 2.05) is 0 Å². The molecule has 0 aromatic carbocycles. The van der Waals surface area contributed by atoms with Gasteiger partial charge in [0.2, 0.25) is 0 Å². The molecule has 4 atom stereocenters. The van der Waals surface area contributed by atoms with Gasteiger partial charge < -0.3 is 19.7 Å². The number of carbonyl (C=O) groups excluding carboxylic acids is 1. The Kier molecular flexibility index (Phi) is 14.7. The predicted octanol–water partition coefficient (Wildman–Crippen LogP) is 4.91. The van der Waals surface area contributed by atoms with E-state index in [0.717, 1.165) is 12.8 Å². The number of aliphatic hydroxyl groups is 2. The van der Waals surface area contributed by atoms with Crippen molar-refractivity contribution in [3.05, 3.63) is 0 Å². The van der Waals surface area contributed by atoms with Gasteiger partial charge in [-0.25, -0.2) is 0 Å². The van der Waals surface area contributed by atoms with Gasteiger partial charge in [0.15, 0.2) is 0 Å². The minimum Gasteiger partial charge on any atom is -0.466 e. The van der Waals surface area contributed by atoms with Crippen LogP contribution < -0.4 is 0 Å². The quantitative estimate of drug-likeness (QED) is 0.183. The van der Waals surface area contributed by atoms with Gasteiger partial charge in [0.1, 0.15) is 0 Å².